The van der Waals surface area contributed by atoms with E-state index in [0.29, 0.717) is 32.2 Å². The second-order valence-electron chi connectivity index (χ2n) is 8.14. The molecule has 2 fully saturated rings. The molecule has 1 atom stereocenters. The van der Waals surface area contributed by atoms with Crippen LogP contribution in [0.4, 0.5) is 24.8 Å². The fraction of sp³-hybridized carbons (Fsp3) is 0.500. The fourth-order valence-electron chi connectivity index (χ4n) is 4.23. The van der Waals surface area contributed by atoms with Gasteiger partial charge in [0.15, 0.2) is 11.6 Å². The molecule has 32 heavy (non-hydrogen) atoms. The number of piperidine rings is 1. The zero-order valence-electron chi connectivity index (χ0n) is 17.9. The summed E-state index contributed by atoms with van der Waals surface area (Å²) in [4.78, 5) is 18.7. The zero-order valence-corrected chi connectivity index (χ0v) is 17.9. The normalized spacial score (nSPS) is 19.8. The predicted octanol–water partition coefficient (Wildman–Crippen LogP) is 3.72. The first-order chi connectivity index (χ1) is 15.3. The molecule has 2 aromatic rings. The average Bonchev–Trinajstić information content (AvgIpc) is 2.78. The van der Waals surface area contributed by atoms with Crippen molar-refractivity contribution in [3.05, 3.63) is 42.0 Å². The van der Waals surface area contributed by atoms with E-state index in [-0.39, 0.29) is 11.5 Å². The van der Waals surface area contributed by atoms with Crippen LogP contribution in [-0.4, -0.2) is 66.1 Å². The van der Waals surface area contributed by atoms with E-state index in [9.17, 15) is 18.0 Å². The molecule has 0 bridgehead atoms. The summed E-state index contributed by atoms with van der Waals surface area (Å²) in [5, 5.41) is 8.81. The molecule has 7 nitrogen and oxygen atoms in total. The highest BCUT2D eigenvalue weighted by Gasteiger charge is 2.31. The largest absolute Gasteiger partial charge is 0.573 e. The van der Waals surface area contributed by atoms with E-state index in [0.717, 1.165) is 37.1 Å². The third kappa shape index (κ3) is 5.23. The average molecular weight is 449 g/mol. The van der Waals surface area contributed by atoms with E-state index in [2.05, 4.69) is 31.7 Å². The fourth-order valence-corrected chi connectivity index (χ4v) is 4.23. The van der Waals surface area contributed by atoms with Gasteiger partial charge in [-0.05, 0) is 56.5 Å². The Morgan fingerprint density at radius 1 is 1.00 bits per heavy atom. The Labute approximate surface area is 184 Å². The molecule has 0 saturated carbocycles. The van der Waals surface area contributed by atoms with Gasteiger partial charge in [-0.3, -0.25) is 4.79 Å². The lowest BCUT2D eigenvalue weighted by atomic mass is 10.0. The number of hydrogen-bond donors (Lipinski definition) is 0. The van der Waals surface area contributed by atoms with Gasteiger partial charge < -0.3 is 19.4 Å². The predicted molar refractivity (Wildman–Crippen MR) is 114 cm³/mol. The summed E-state index contributed by atoms with van der Waals surface area (Å²) in [6.45, 7) is 5.21. The number of carbonyl (C=O) groups is 1. The molecule has 2 aliphatic rings. The van der Waals surface area contributed by atoms with Crippen molar-refractivity contribution in [3.63, 3.8) is 0 Å². The molecule has 172 valence electrons. The Morgan fingerprint density at radius 3 is 2.38 bits per heavy atom. The van der Waals surface area contributed by atoms with Gasteiger partial charge >= 0.3 is 6.36 Å². The van der Waals surface area contributed by atoms with Crippen molar-refractivity contribution in [1.82, 2.24) is 15.1 Å². The minimum Gasteiger partial charge on any atom is -0.406 e. The quantitative estimate of drug-likeness (QED) is 0.709. The topological polar surface area (TPSA) is 61.8 Å². The number of aromatic nitrogens is 2. The van der Waals surface area contributed by atoms with Crippen LogP contribution in [0.1, 0.15) is 36.5 Å². The number of ether oxygens (including phenoxy) is 1. The van der Waals surface area contributed by atoms with Gasteiger partial charge in [0, 0.05) is 44.3 Å². The maximum atomic E-state index is 12.7. The number of hydrogen-bond acceptors (Lipinski definition) is 6. The molecule has 2 saturated heterocycles. The van der Waals surface area contributed by atoms with Crippen LogP contribution in [0.2, 0.25) is 0 Å². The lowest BCUT2D eigenvalue weighted by Crippen LogP contribution is -2.49. The molecule has 1 aromatic carbocycles. The van der Waals surface area contributed by atoms with Crippen LogP contribution in [0.3, 0.4) is 0 Å². The first-order valence-corrected chi connectivity index (χ1v) is 10.8. The van der Waals surface area contributed by atoms with Crippen LogP contribution < -0.4 is 14.5 Å². The summed E-state index contributed by atoms with van der Waals surface area (Å²) < 4.78 is 41.3. The first-order valence-electron chi connectivity index (χ1n) is 10.8. The van der Waals surface area contributed by atoms with Crippen LogP contribution >= 0.6 is 0 Å². The molecular weight excluding hydrogens is 423 g/mol. The summed E-state index contributed by atoms with van der Waals surface area (Å²) in [6.07, 6.45) is -1.23. The number of rotatable bonds is 4. The van der Waals surface area contributed by atoms with Crippen LogP contribution in [0.15, 0.2) is 36.4 Å². The number of carbonyl (C=O) groups excluding carboxylic acids is 1. The molecule has 0 radical (unpaired) electrons. The Balaban J connectivity index is 1.35. The second kappa shape index (κ2) is 9.22. The van der Waals surface area contributed by atoms with E-state index in [4.69, 9.17) is 0 Å². The van der Waals surface area contributed by atoms with E-state index in [1.165, 1.54) is 24.6 Å². The molecule has 10 heteroatoms. The van der Waals surface area contributed by atoms with E-state index in [1.807, 2.05) is 12.1 Å². The van der Waals surface area contributed by atoms with Gasteiger partial charge in [-0.15, -0.1) is 23.4 Å². The van der Waals surface area contributed by atoms with Gasteiger partial charge in [0.25, 0.3) is 5.91 Å². The van der Waals surface area contributed by atoms with Crippen molar-refractivity contribution < 1.29 is 22.7 Å². The number of anilines is 2. The summed E-state index contributed by atoms with van der Waals surface area (Å²) >= 11 is 0. The number of halogens is 3. The molecule has 0 spiro atoms. The number of piperazine rings is 1. The van der Waals surface area contributed by atoms with Gasteiger partial charge in [-0.1, -0.05) is 6.07 Å². The van der Waals surface area contributed by atoms with Gasteiger partial charge in [-0.25, -0.2) is 0 Å². The van der Waals surface area contributed by atoms with Crippen molar-refractivity contribution in [2.45, 2.75) is 38.6 Å². The molecule has 0 N–H and O–H groups in total. The molecule has 4 rings (SSSR count). The Morgan fingerprint density at radius 2 is 1.72 bits per heavy atom. The number of alkyl halides is 3. The Hall–Kier alpha value is -3.04. The highest BCUT2D eigenvalue weighted by Crippen LogP contribution is 2.25. The van der Waals surface area contributed by atoms with E-state index in [1.54, 1.807) is 4.90 Å². The van der Waals surface area contributed by atoms with Gasteiger partial charge in [-0.2, -0.15) is 0 Å². The van der Waals surface area contributed by atoms with Crippen molar-refractivity contribution in [3.8, 4) is 5.75 Å². The summed E-state index contributed by atoms with van der Waals surface area (Å²) in [7, 11) is 0. The SMILES string of the molecule is CC1CCCCN1c1ccc(N2CCN(C(=O)c3cccc(OC(F)(F)F)c3)CC2)nn1. The lowest BCUT2D eigenvalue weighted by molar-refractivity contribution is -0.274. The second-order valence-corrected chi connectivity index (χ2v) is 8.14. The molecular formula is C22H26F3N5O2. The summed E-state index contributed by atoms with van der Waals surface area (Å²) in [6, 6.07) is 9.57. The van der Waals surface area contributed by atoms with Crippen molar-refractivity contribution >= 4 is 17.5 Å². The van der Waals surface area contributed by atoms with Crippen LogP contribution in [0, 0.1) is 0 Å². The smallest absolute Gasteiger partial charge is 0.406 e. The van der Waals surface area contributed by atoms with Crippen LogP contribution in [0.5, 0.6) is 5.75 Å². The Kier molecular flexibility index (Phi) is 6.38. The van der Waals surface area contributed by atoms with Gasteiger partial charge in [0.1, 0.15) is 5.75 Å². The van der Waals surface area contributed by atoms with Gasteiger partial charge in [0.05, 0.1) is 0 Å². The number of benzene rings is 1. The summed E-state index contributed by atoms with van der Waals surface area (Å²) in [5.74, 6) is 0.917. The van der Waals surface area contributed by atoms with Crippen LogP contribution in [0.25, 0.3) is 0 Å². The standard InChI is InChI=1S/C22H26F3N5O2/c1-16-5-2-3-10-30(16)20-9-8-19(26-27-20)28-11-13-29(14-12-28)21(31)17-6-4-7-18(15-17)32-22(23,24)25/h4,6-9,15-16H,2-3,5,10-14H2,1H3. The minimum atomic E-state index is -4.80. The first kappa shape index (κ1) is 22.2. The summed E-state index contributed by atoms with van der Waals surface area (Å²) in [5.41, 5.74) is 0.167. The van der Waals surface area contributed by atoms with Crippen LogP contribution in [-0.2, 0) is 0 Å². The van der Waals surface area contributed by atoms with Crippen molar-refractivity contribution in [2.75, 3.05) is 42.5 Å². The highest BCUT2D eigenvalue weighted by atomic mass is 19.4. The monoisotopic (exact) mass is 449 g/mol. The van der Waals surface area contributed by atoms with Gasteiger partial charge in [0.2, 0.25) is 0 Å². The third-order valence-corrected chi connectivity index (χ3v) is 5.94. The van der Waals surface area contributed by atoms with E-state index >= 15 is 0 Å². The molecule has 1 amide bonds. The molecule has 3 heterocycles. The maximum Gasteiger partial charge on any atom is 0.573 e. The van der Waals surface area contributed by atoms with E-state index < -0.39 is 12.1 Å². The maximum absolute atomic E-state index is 12.7. The number of amides is 1. The Bertz CT molecular complexity index is 930. The minimum absolute atomic E-state index is 0.167. The highest BCUT2D eigenvalue weighted by molar-refractivity contribution is 5.94. The molecule has 2 aliphatic heterocycles. The molecule has 1 aromatic heterocycles. The third-order valence-electron chi connectivity index (χ3n) is 5.94. The number of nitrogens with zero attached hydrogens (tertiary/aromatic N) is 5. The van der Waals surface area contributed by atoms with Crippen molar-refractivity contribution in [2.24, 2.45) is 0 Å². The van der Waals surface area contributed by atoms with Crippen molar-refractivity contribution in [1.29, 1.82) is 0 Å². The molecule has 0 aliphatic carbocycles. The molecule has 1 unspecified atom stereocenters. The lowest BCUT2D eigenvalue weighted by Gasteiger charge is -2.36. The zero-order chi connectivity index (χ0) is 22.7.